The Morgan fingerprint density at radius 1 is 1.13 bits per heavy atom. The number of anilines is 1. The number of fused-ring (bicyclic) bond motifs is 1. The SMILES string of the molecule is C=C/C=C(/c1cccc(F)c1)c1nc(-c2n[nH]c3ccc(-c4cncc(NC(=C)C5CC5)c4)nc23)[nH]c1C. The fourth-order valence-electron chi connectivity index (χ4n) is 4.51. The number of hydrogen-bond acceptors (Lipinski definition) is 5. The number of rotatable bonds is 8. The summed E-state index contributed by atoms with van der Waals surface area (Å²) in [6, 6.07) is 12.3. The zero-order valence-electron chi connectivity index (χ0n) is 20.9. The summed E-state index contributed by atoms with van der Waals surface area (Å²) in [4.78, 5) is 17.5. The lowest BCUT2D eigenvalue weighted by Gasteiger charge is -2.09. The number of nitrogens with zero attached hydrogens (tertiary/aromatic N) is 4. The Morgan fingerprint density at radius 2 is 2.00 bits per heavy atom. The van der Waals surface area contributed by atoms with Crippen molar-refractivity contribution in [3.05, 3.63) is 109 Å². The van der Waals surface area contributed by atoms with Crippen LogP contribution in [0.1, 0.15) is 29.8 Å². The van der Waals surface area contributed by atoms with Crippen LogP contribution >= 0.6 is 0 Å². The average molecular weight is 504 g/mol. The molecular formula is C30H26FN7. The van der Waals surface area contributed by atoms with Crippen LogP contribution in [0.15, 0.2) is 85.9 Å². The molecule has 3 N–H and O–H groups in total. The van der Waals surface area contributed by atoms with E-state index in [1.165, 1.54) is 25.0 Å². The number of hydrogen-bond donors (Lipinski definition) is 3. The molecule has 0 radical (unpaired) electrons. The highest BCUT2D eigenvalue weighted by atomic mass is 19.1. The third kappa shape index (κ3) is 4.52. The molecule has 0 saturated heterocycles. The summed E-state index contributed by atoms with van der Waals surface area (Å²) in [6.07, 6.45) is 9.44. The Morgan fingerprint density at radius 3 is 2.79 bits per heavy atom. The van der Waals surface area contributed by atoms with Crippen molar-refractivity contribution in [3.8, 4) is 22.8 Å². The van der Waals surface area contributed by atoms with Crippen molar-refractivity contribution < 1.29 is 4.39 Å². The highest BCUT2D eigenvalue weighted by Gasteiger charge is 2.24. The van der Waals surface area contributed by atoms with Crippen molar-refractivity contribution in [2.45, 2.75) is 19.8 Å². The summed E-state index contributed by atoms with van der Waals surface area (Å²) in [5.74, 6) is 0.798. The van der Waals surface area contributed by atoms with Gasteiger partial charge in [-0.3, -0.25) is 10.1 Å². The van der Waals surface area contributed by atoms with E-state index < -0.39 is 0 Å². The molecule has 1 saturated carbocycles. The van der Waals surface area contributed by atoms with E-state index in [0.717, 1.165) is 39.4 Å². The van der Waals surface area contributed by atoms with Crippen molar-refractivity contribution in [2.75, 3.05) is 5.32 Å². The van der Waals surface area contributed by atoms with Crippen molar-refractivity contribution in [1.29, 1.82) is 0 Å². The Hall–Kier alpha value is -4.85. The van der Waals surface area contributed by atoms with E-state index in [0.29, 0.717) is 34.2 Å². The monoisotopic (exact) mass is 503 g/mol. The molecule has 0 spiro atoms. The quantitative estimate of drug-likeness (QED) is 0.202. The van der Waals surface area contributed by atoms with Crippen molar-refractivity contribution >= 4 is 22.3 Å². The maximum atomic E-state index is 14.0. The number of nitrogens with one attached hydrogen (secondary N) is 3. The van der Waals surface area contributed by atoms with Gasteiger partial charge < -0.3 is 10.3 Å². The molecule has 7 nitrogen and oxygen atoms in total. The van der Waals surface area contributed by atoms with Crippen LogP contribution in [-0.2, 0) is 0 Å². The van der Waals surface area contributed by atoms with Crippen LogP contribution in [0.4, 0.5) is 10.1 Å². The van der Waals surface area contributed by atoms with Crippen LogP contribution in [0.25, 0.3) is 39.4 Å². The predicted molar refractivity (Wildman–Crippen MR) is 149 cm³/mol. The minimum atomic E-state index is -0.313. The molecule has 0 unspecified atom stereocenters. The normalized spacial score (nSPS) is 13.6. The Labute approximate surface area is 219 Å². The number of benzene rings is 1. The van der Waals surface area contributed by atoms with E-state index >= 15 is 0 Å². The Balaban J connectivity index is 1.37. The fourth-order valence-corrected chi connectivity index (χ4v) is 4.51. The van der Waals surface area contributed by atoms with E-state index in [-0.39, 0.29) is 5.82 Å². The molecule has 0 bridgehead atoms. The second-order valence-corrected chi connectivity index (χ2v) is 9.44. The van der Waals surface area contributed by atoms with Crippen molar-refractivity contribution in [2.24, 2.45) is 5.92 Å². The van der Waals surface area contributed by atoms with Crippen LogP contribution in [0.3, 0.4) is 0 Å². The van der Waals surface area contributed by atoms with Gasteiger partial charge in [-0.1, -0.05) is 37.4 Å². The van der Waals surface area contributed by atoms with Crippen LogP contribution in [0.2, 0.25) is 0 Å². The molecule has 1 fully saturated rings. The lowest BCUT2D eigenvalue weighted by Crippen LogP contribution is -2.00. The number of aryl methyl sites for hydroxylation is 1. The summed E-state index contributed by atoms with van der Waals surface area (Å²) >= 11 is 0. The van der Waals surface area contributed by atoms with Crippen molar-refractivity contribution in [3.63, 3.8) is 0 Å². The highest BCUT2D eigenvalue weighted by Crippen LogP contribution is 2.36. The van der Waals surface area contributed by atoms with E-state index in [2.05, 4.69) is 38.6 Å². The number of aromatic amines is 2. The van der Waals surface area contributed by atoms with Gasteiger partial charge >= 0.3 is 0 Å². The van der Waals surface area contributed by atoms with Crippen LogP contribution in [0.5, 0.6) is 0 Å². The van der Waals surface area contributed by atoms with Gasteiger partial charge in [0.25, 0.3) is 0 Å². The molecule has 1 aliphatic rings. The molecule has 4 heterocycles. The van der Waals surface area contributed by atoms with E-state index in [4.69, 9.17) is 9.97 Å². The number of pyridine rings is 2. The van der Waals surface area contributed by atoms with Gasteiger partial charge in [0.2, 0.25) is 0 Å². The summed E-state index contributed by atoms with van der Waals surface area (Å²) in [6.45, 7) is 9.89. The standard InChI is InChI=1S/C30H26FN7/c1-4-6-24(20-7-5-8-22(31)13-20)27-18(3)34-30(36-27)29-28-26(37-38-29)12-11-25(35-28)21-14-23(16-32-15-21)33-17(2)19-9-10-19/h4-8,11-16,19,33H,1-2,9-10H2,3H3,(H,34,36)(H,37,38)/b24-6-. The first-order chi connectivity index (χ1) is 18.5. The molecule has 0 aliphatic heterocycles. The lowest BCUT2D eigenvalue weighted by molar-refractivity contribution is 0.627. The van der Waals surface area contributed by atoms with Gasteiger partial charge in [0, 0.05) is 28.7 Å². The second kappa shape index (κ2) is 9.55. The molecule has 8 heteroatoms. The van der Waals surface area contributed by atoms with Gasteiger partial charge in [-0.15, -0.1) is 0 Å². The van der Waals surface area contributed by atoms with Crippen molar-refractivity contribution in [1.82, 2.24) is 30.1 Å². The fraction of sp³-hybridized carbons (Fsp3) is 0.133. The summed E-state index contributed by atoms with van der Waals surface area (Å²) in [5.41, 5.74) is 8.61. The number of allylic oxidation sites excluding steroid dienone is 3. The Kier molecular flexibility index (Phi) is 5.92. The first-order valence-electron chi connectivity index (χ1n) is 12.4. The molecule has 0 atom stereocenters. The first-order valence-corrected chi connectivity index (χ1v) is 12.4. The summed E-state index contributed by atoms with van der Waals surface area (Å²) in [5, 5.41) is 10.9. The van der Waals surface area contributed by atoms with Gasteiger partial charge in [-0.05, 0) is 61.6 Å². The van der Waals surface area contributed by atoms with Crippen LogP contribution in [-0.4, -0.2) is 30.1 Å². The third-order valence-electron chi connectivity index (χ3n) is 6.60. The molecule has 4 aromatic heterocycles. The van der Waals surface area contributed by atoms with Gasteiger partial charge in [0.15, 0.2) is 11.5 Å². The largest absolute Gasteiger partial charge is 0.358 e. The van der Waals surface area contributed by atoms with Crippen LogP contribution < -0.4 is 5.32 Å². The average Bonchev–Trinajstić information content (AvgIpc) is 3.59. The molecule has 1 aromatic carbocycles. The summed E-state index contributed by atoms with van der Waals surface area (Å²) < 4.78 is 14.0. The van der Waals surface area contributed by atoms with Gasteiger partial charge in [0.1, 0.15) is 11.3 Å². The zero-order valence-corrected chi connectivity index (χ0v) is 20.9. The van der Waals surface area contributed by atoms with Gasteiger partial charge in [-0.25, -0.2) is 14.4 Å². The molecule has 1 aliphatic carbocycles. The van der Waals surface area contributed by atoms with Crippen LogP contribution in [0, 0.1) is 18.7 Å². The number of H-pyrrole nitrogens is 2. The lowest BCUT2D eigenvalue weighted by atomic mass is 10.0. The molecule has 5 aromatic rings. The minimum absolute atomic E-state index is 0.313. The first kappa shape index (κ1) is 23.5. The molecule has 6 rings (SSSR count). The molecular weight excluding hydrogens is 477 g/mol. The maximum absolute atomic E-state index is 14.0. The minimum Gasteiger partial charge on any atom is -0.358 e. The van der Waals surface area contributed by atoms with Gasteiger partial charge in [-0.2, -0.15) is 5.10 Å². The Bertz CT molecular complexity index is 1720. The second-order valence-electron chi connectivity index (χ2n) is 9.44. The molecule has 38 heavy (non-hydrogen) atoms. The maximum Gasteiger partial charge on any atom is 0.161 e. The highest BCUT2D eigenvalue weighted by molar-refractivity contribution is 5.90. The topological polar surface area (TPSA) is 95.2 Å². The van der Waals surface area contributed by atoms with E-state index in [1.807, 2.05) is 37.3 Å². The zero-order chi connectivity index (χ0) is 26.2. The van der Waals surface area contributed by atoms with E-state index in [9.17, 15) is 4.39 Å². The van der Waals surface area contributed by atoms with Gasteiger partial charge in [0.05, 0.1) is 28.8 Å². The molecule has 0 amide bonds. The number of aromatic nitrogens is 6. The third-order valence-corrected chi connectivity index (χ3v) is 6.60. The smallest absolute Gasteiger partial charge is 0.161 e. The number of imidazole rings is 1. The number of halogens is 1. The summed E-state index contributed by atoms with van der Waals surface area (Å²) in [7, 11) is 0. The van der Waals surface area contributed by atoms with E-state index in [1.54, 1.807) is 24.5 Å². The molecule has 188 valence electrons. The predicted octanol–water partition coefficient (Wildman–Crippen LogP) is 6.81.